The van der Waals surface area contributed by atoms with E-state index in [9.17, 15) is 13.6 Å². The van der Waals surface area contributed by atoms with E-state index in [1.807, 2.05) is 30.3 Å². The van der Waals surface area contributed by atoms with Crippen molar-refractivity contribution >= 4 is 22.9 Å². The number of carbonyl (C=O) groups excluding carboxylic acids is 1. The molecule has 2 aromatic heterocycles. The number of hydrogen-bond donors (Lipinski definition) is 1. The van der Waals surface area contributed by atoms with Gasteiger partial charge in [-0.25, -0.2) is 13.5 Å². The topological polar surface area (TPSA) is 59.8 Å². The fourth-order valence-electron chi connectivity index (χ4n) is 2.93. The number of carbonyl (C=O) groups is 1. The Morgan fingerprint density at radius 2 is 2.00 bits per heavy atom. The summed E-state index contributed by atoms with van der Waals surface area (Å²) in [6, 6.07) is 12.8. The molecule has 0 fully saturated rings. The lowest BCUT2D eigenvalue weighted by Gasteiger charge is -2.03. The lowest BCUT2D eigenvalue weighted by molar-refractivity contribution is -0.116. The van der Waals surface area contributed by atoms with Gasteiger partial charge in [0, 0.05) is 47.6 Å². The molecule has 0 spiro atoms. The van der Waals surface area contributed by atoms with Crippen LogP contribution in [0.3, 0.4) is 0 Å². The number of aromatic nitrogens is 3. The SMILES string of the molecule is O=C(/C=C/c1cccc2cccnc12)NCc1cnn(-c2ccc(F)cc2F)c1. The molecule has 2 aromatic carbocycles. The average molecular weight is 390 g/mol. The molecular formula is C22H16F2N4O. The molecule has 4 rings (SSSR count). The van der Waals surface area contributed by atoms with Gasteiger partial charge in [0.1, 0.15) is 11.5 Å². The molecule has 0 aliphatic rings. The highest BCUT2D eigenvalue weighted by Gasteiger charge is 2.08. The molecule has 0 radical (unpaired) electrons. The van der Waals surface area contributed by atoms with Crippen molar-refractivity contribution in [3.8, 4) is 5.69 Å². The van der Waals surface area contributed by atoms with Crippen LogP contribution in [0.1, 0.15) is 11.1 Å². The first-order chi connectivity index (χ1) is 14.1. The van der Waals surface area contributed by atoms with E-state index < -0.39 is 11.6 Å². The molecule has 2 heterocycles. The molecule has 0 aliphatic carbocycles. The molecule has 0 saturated carbocycles. The first-order valence-corrected chi connectivity index (χ1v) is 8.89. The zero-order valence-electron chi connectivity index (χ0n) is 15.2. The van der Waals surface area contributed by atoms with Gasteiger partial charge in [0.25, 0.3) is 0 Å². The normalized spacial score (nSPS) is 11.2. The summed E-state index contributed by atoms with van der Waals surface area (Å²) < 4.78 is 28.2. The minimum atomic E-state index is -0.713. The Balaban J connectivity index is 1.41. The summed E-state index contributed by atoms with van der Waals surface area (Å²) >= 11 is 0. The Morgan fingerprint density at radius 1 is 1.14 bits per heavy atom. The van der Waals surface area contributed by atoms with E-state index >= 15 is 0 Å². The number of para-hydroxylation sites is 1. The van der Waals surface area contributed by atoms with Crippen LogP contribution in [0.25, 0.3) is 22.7 Å². The van der Waals surface area contributed by atoms with Gasteiger partial charge in [-0.1, -0.05) is 24.3 Å². The number of fused-ring (bicyclic) bond motifs is 1. The van der Waals surface area contributed by atoms with E-state index in [1.54, 1.807) is 18.5 Å². The van der Waals surface area contributed by atoms with Gasteiger partial charge in [-0.3, -0.25) is 9.78 Å². The summed E-state index contributed by atoms with van der Waals surface area (Å²) in [5.41, 5.74) is 2.48. The maximum absolute atomic E-state index is 13.8. The molecule has 0 unspecified atom stereocenters. The smallest absolute Gasteiger partial charge is 0.244 e. The molecule has 29 heavy (non-hydrogen) atoms. The zero-order chi connectivity index (χ0) is 20.2. The molecule has 7 heteroatoms. The number of nitrogens with zero attached hydrogens (tertiary/aromatic N) is 3. The Hall–Kier alpha value is -3.87. The van der Waals surface area contributed by atoms with Crippen LogP contribution in [-0.4, -0.2) is 20.7 Å². The standard InChI is InChI=1S/C22H16F2N4O/c23-18-7-8-20(19(24)11-18)28-14-15(13-27-28)12-26-21(29)9-6-17-4-1-3-16-5-2-10-25-22(16)17/h1-11,13-14H,12H2,(H,26,29)/b9-6+. The predicted octanol–water partition coefficient (Wildman–Crippen LogP) is 4.03. The van der Waals surface area contributed by atoms with Gasteiger partial charge >= 0.3 is 0 Å². The quantitative estimate of drug-likeness (QED) is 0.524. The largest absolute Gasteiger partial charge is 0.348 e. The van der Waals surface area contributed by atoms with Crippen molar-refractivity contribution in [1.82, 2.24) is 20.1 Å². The summed E-state index contributed by atoms with van der Waals surface area (Å²) in [6.07, 6.45) is 7.95. The highest BCUT2D eigenvalue weighted by Crippen LogP contribution is 2.17. The Bertz CT molecular complexity index is 1210. The highest BCUT2D eigenvalue weighted by molar-refractivity contribution is 5.95. The molecule has 4 aromatic rings. The number of rotatable bonds is 5. The summed E-state index contributed by atoms with van der Waals surface area (Å²) in [4.78, 5) is 16.5. The number of halogens is 2. The number of nitrogens with one attached hydrogen (secondary N) is 1. The Morgan fingerprint density at radius 3 is 2.86 bits per heavy atom. The van der Waals surface area contributed by atoms with Crippen LogP contribution < -0.4 is 5.32 Å². The first kappa shape index (κ1) is 18.5. The van der Waals surface area contributed by atoms with Crippen molar-refractivity contribution in [2.24, 2.45) is 0 Å². The van der Waals surface area contributed by atoms with Crippen molar-refractivity contribution in [2.75, 3.05) is 0 Å². The van der Waals surface area contributed by atoms with Crippen LogP contribution in [0.2, 0.25) is 0 Å². The monoisotopic (exact) mass is 390 g/mol. The van der Waals surface area contributed by atoms with Crippen LogP contribution in [0.5, 0.6) is 0 Å². The maximum atomic E-state index is 13.8. The fraction of sp³-hybridized carbons (Fsp3) is 0.0455. The summed E-state index contributed by atoms with van der Waals surface area (Å²) in [5, 5.41) is 7.81. The van der Waals surface area contributed by atoms with Crippen molar-refractivity contribution in [1.29, 1.82) is 0 Å². The maximum Gasteiger partial charge on any atom is 0.244 e. The molecule has 1 amide bonds. The molecular weight excluding hydrogens is 374 g/mol. The zero-order valence-corrected chi connectivity index (χ0v) is 15.2. The molecule has 0 bridgehead atoms. The second kappa shape index (κ2) is 8.02. The van der Waals surface area contributed by atoms with Gasteiger partial charge in [0.2, 0.25) is 5.91 Å². The first-order valence-electron chi connectivity index (χ1n) is 8.89. The van der Waals surface area contributed by atoms with Gasteiger partial charge in [-0.05, 0) is 24.3 Å². The van der Waals surface area contributed by atoms with E-state index in [0.717, 1.165) is 28.6 Å². The number of pyridine rings is 1. The molecule has 144 valence electrons. The van der Waals surface area contributed by atoms with Gasteiger partial charge in [0.05, 0.1) is 11.7 Å². The van der Waals surface area contributed by atoms with Crippen LogP contribution in [0.4, 0.5) is 8.78 Å². The number of hydrogen-bond acceptors (Lipinski definition) is 3. The highest BCUT2D eigenvalue weighted by atomic mass is 19.1. The Labute approximate surface area is 165 Å². The van der Waals surface area contributed by atoms with Crippen molar-refractivity contribution in [3.63, 3.8) is 0 Å². The van der Waals surface area contributed by atoms with E-state index in [4.69, 9.17) is 0 Å². The minimum Gasteiger partial charge on any atom is -0.348 e. The molecule has 0 saturated heterocycles. The van der Waals surface area contributed by atoms with Crippen LogP contribution >= 0.6 is 0 Å². The van der Waals surface area contributed by atoms with Crippen LogP contribution in [0, 0.1) is 11.6 Å². The Kier molecular flexibility index (Phi) is 5.11. The lowest BCUT2D eigenvalue weighted by atomic mass is 10.1. The summed E-state index contributed by atoms with van der Waals surface area (Å²) in [6.45, 7) is 0.222. The number of amides is 1. The second-order valence-corrected chi connectivity index (χ2v) is 6.36. The number of benzene rings is 2. The third-order valence-corrected chi connectivity index (χ3v) is 4.34. The van der Waals surface area contributed by atoms with Crippen molar-refractivity contribution in [2.45, 2.75) is 6.54 Å². The second-order valence-electron chi connectivity index (χ2n) is 6.36. The van der Waals surface area contributed by atoms with Crippen molar-refractivity contribution in [3.05, 3.63) is 96.0 Å². The fourth-order valence-corrected chi connectivity index (χ4v) is 2.93. The van der Waals surface area contributed by atoms with E-state index in [2.05, 4.69) is 15.4 Å². The summed E-state index contributed by atoms with van der Waals surface area (Å²) in [5.74, 6) is -1.65. The minimum absolute atomic E-state index is 0.132. The van der Waals surface area contributed by atoms with E-state index in [0.29, 0.717) is 5.56 Å². The predicted molar refractivity (Wildman–Crippen MR) is 106 cm³/mol. The van der Waals surface area contributed by atoms with Crippen LogP contribution in [-0.2, 0) is 11.3 Å². The van der Waals surface area contributed by atoms with Crippen molar-refractivity contribution < 1.29 is 13.6 Å². The van der Waals surface area contributed by atoms with Gasteiger partial charge in [-0.15, -0.1) is 0 Å². The van der Waals surface area contributed by atoms with Gasteiger partial charge in [-0.2, -0.15) is 5.10 Å². The molecule has 0 atom stereocenters. The lowest BCUT2D eigenvalue weighted by Crippen LogP contribution is -2.19. The molecule has 5 nitrogen and oxygen atoms in total. The molecule has 0 aliphatic heterocycles. The average Bonchev–Trinajstić information content (AvgIpc) is 3.19. The molecule has 1 N–H and O–H groups in total. The summed E-state index contributed by atoms with van der Waals surface area (Å²) in [7, 11) is 0. The van der Waals surface area contributed by atoms with Crippen LogP contribution in [0.15, 0.2) is 73.2 Å². The van der Waals surface area contributed by atoms with E-state index in [1.165, 1.54) is 23.0 Å². The van der Waals surface area contributed by atoms with Gasteiger partial charge in [0.15, 0.2) is 5.82 Å². The van der Waals surface area contributed by atoms with E-state index in [-0.39, 0.29) is 18.1 Å². The third-order valence-electron chi connectivity index (χ3n) is 4.34. The third kappa shape index (κ3) is 4.19. The van der Waals surface area contributed by atoms with Gasteiger partial charge < -0.3 is 5.32 Å².